The second-order valence-corrected chi connectivity index (χ2v) is 5.47. The zero-order valence-corrected chi connectivity index (χ0v) is 11.0. The number of aromatic carboxylic acids is 1. The van der Waals surface area contributed by atoms with E-state index in [1.807, 2.05) is 0 Å². The highest BCUT2D eigenvalue weighted by molar-refractivity contribution is 7.84. The van der Waals surface area contributed by atoms with Gasteiger partial charge < -0.3 is 9.52 Å². The highest BCUT2D eigenvalue weighted by atomic mass is 35.5. The predicted molar refractivity (Wildman–Crippen MR) is 67.2 cm³/mol. The van der Waals surface area contributed by atoms with Gasteiger partial charge in [0.15, 0.2) is 5.09 Å². The lowest BCUT2D eigenvalue weighted by Gasteiger charge is -2.02. The van der Waals surface area contributed by atoms with E-state index in [0.29, 0.717) is 0 Å². The van der Waals surface area contributed by atoms with Crippen LogP contribution in [0.4, 0.5) is 4.39 Å². The number of carboxylic acid groups (broad SMARTS) is 1. The fraction of sp³-hybridized carbons (Fsp3) is 0.0833. The standard InChI is InChI=1S/C12H8ClFO4S/c13-8-2-1-7(9(14)5-8)6-19(17)11-4-3-10(18-11)12(15)16/h1-5H,6H2,(H,15,16). The van der Waals surface area contributed by atoms with Gasteiger partial charge in [-0.05, 0) is 24.3 Å². The molecule has 0 fully saturated rings. The van der Waals surface area contributed by atoms with E-state index >= 15 is 0 Å². The molecule has 0 radical (unpaired) electrons. The first kappa shape index (κ1) is 13.8. The van der Waals surface area contributed by atoms with Gasteiger partial charge >= 0.3 is 5.97 Å². The van der Waals surface area contributed by atoms with Gasteiger partial charge in [-0.25, -0.2) is 9.18 Å². The second kappa shape index (κ2) is 5.54. The SMILES string of the molecule is O=C(O)c1ccc(S(=O)Cc2ccc(Cl)cc2F)o1. The fourth-order valence-corrected chi connectivity index (χ4v) is 2.63. The number of rotatable bonds is 4. The Balaban J connectivity index is 2.18. The van der Waals surface area contributed by atoms with Crippen LogP contribution in [0.2, 0.25) is 5.02 Å². The Hall–Kier alpha value is -1.66. The Labute approximate surface area is 115 Å². The smallest absolute Gasteiger partial charge is 0.371 e. The molecule has 0 aliphatic carbocycles. The number of carbonyl (C=O) groups is 1. The summed E-state index contributed by atoms with van der Waals surface area (Å²) in [6, 6.07) is 6.54. The molecule has 0 aliphatic heterocycles. The zero-order valence-electron chi connectivity index (χ0n) is 9.43. The predicted octanol–water partition coefficient (Wildman–Crippen LogP) is 3.08. The quantitative estimate of drug-likeness (QED) is 0.942. The van der Waals surface area contributed by atoms with Gasteiger partial charge in [0.05, 0.1) is 16.6 Å². The fourth-order valence-electron chi connectivity index (χ4n) is 1.41. The summed E-state index contributed by atoms with van der Waals surface area (Å²) in [6.45, 7) is 0. The second-order valence-electron chi connectivity index (χ2n) is 3.65. The molecule has 2 aromatic rings. The molecule has 0 spiro atoms. The molecule has 7 heteroatoms. The Morgan fingerprint density at radius 1 is 1.37 bits per heavy atom. The molecule has 0 saturated heterocycles. The van der Waals surface area contributed by atoms with Gasteiger partial charge in [-0.2, -0.15) is 0 Å². The Bertz CT molecular complexity index is 653. The normalized spacial score (nSPS) is 12.3. The summed E-state index contributed by atoms with van der Waals surface area (Å²) in [5.74, 6) is -2.23. The Kier molecular flexibility index (Phi) is 4.01. The molecule has 1 aromatic heterocycles. The number of carboxylic acids is 1. The minimum absolute atomic E-state index is 0.00764. The third kappa shape index (κ3) is 3.21. The Morgan fingerprint density at radius 3 is 2.68 bits per heavy atom. The van der Waals surface area contributed by atoms with Gasteiger partial charge in [-0.15, -0.1) is 0 Å². The number of benzene rings is 1. The summed E-state index contributed by atoms with van der Waals surface area (Å²) in [4.78, 5) is 10.6. The van der Waals surface area contributed by atoms with Crippen molar-refractivity contribution in [1.82, 2.24) is 0 Å². The molecule has 4 nitrogen and oxygen atoms in total. The number of furan rings is 1. The zero-order chi connectivity index (χ0) is 14.0. The molecule has 0 saturated carbocycles. The topological polar surface area (TPSA) is 67.5 Å². The van der Waals surface area contributed by atoms with Gasteiger partial charge in [0.25, 0.3) is 0 Å². The van der Waals surface area contributed by atoms with E-state index in [4.69, 9.17) is 21.1 Å². The minimum atomic E-state index is -1.66. The Morgan fingerprint density at radius 2 is 2.11 bits per heavy atom. The average Bonchev–Trinajstić information content (AvgIpc) is 2.82. The maximum Gasteiger partial charge on any atom is 0.371 e. The van der Waals surface area contributed by atoms with Crippen molar-refractivity contribution in [2.45, 2.75) is 10.8 Å². The molecule has 0 aliphatic rings. The first-order valence-corrected chi connectivity index (χ1v) is 6.82. The van der Waals surface area contributed by atoms with Crippen LogP contribution in [0.25, 0.3) is 0 Å². The van der Waals surface area contributed by atoms with E-state index in [1.165, 1.54) is 24.3 Å². The van der Waals surface area contributed by atoms with Gasteiger partial charge in [-0.1, -0.05) is 17.7 Å². The lowest BCUT2D eigenvalue weighted by Crippen LogP contribution is -1.98. The molecular weight excluding hydrogens is 295 g/mol. The summed E-state index contributed by atoms with van der Waals surface area (Å²) in [7, 11) is -1.66. The number of halogens is 2. The van der Waals surface area contributed by atoms with Crippen LogP contribution in [0, 0.1) is 5.82 Å². The van der Waals surface area contributed by atoms with E-state index in [0.717, 1.165) is 6.07 Å². The largest absolute Gasteiger partial charge is 0.475 e. The number of hydrogen-bond acceptors (Lipinski definition) is 3. The highest BCUT2D eigenvalue weighted by Crippen LogP contribution is 2.20. The molecule has 100 valence electrons. The van der Waals surface area contributed by atoms with E-state index in [9.17, 15) is 13.4 Å². The van der Waals surface area contributed by atoms with Gasteiger partial charge in [-0.3, -0.25) is 4.21 Å². The van der Waals surface area contributed by atoms with Crippen molar-refractivity contribution in [3.05, 3.63) is 52.5 Å². The van der Waals surface area contributed by atoms with Crippen molar-refractivity contribution < 1.29 is 22.9 Å². The minimum Gasteiger partial charge on any atom is -0.475 e. The molecule has 2 rings (SSSR count). The first-order chi connectivity index (χ1) is 8.97. The maximum absolute atomic E-state index is 13.5. The van der Waals surface area contributed by atoms with Crippen LogP contribution < -0.4 is 0 Å². The van der Waals surface area contributed by atoms with E-state index in [2.05, 4.69) is 0 Å². The molecule has 1 heterocycles. The number of hydrogen-bond donors (Lipinski definition) is 1. The third-order valence-electron chi connectivity index (χ3n) is 2.32. The van der Waals surface area contributed by atoms with Crippen LogP contribution in [-0.2, 0) is 16.6 Å². The van der Waals surface area contributed by atoms with Crippen LogP contribution in [0.3, 0.4) is 0 Å². The van der Waals surface area contributed by atoms with Crippen LogP contribution in [0.15, 0.2) is 39.8 Å². The summed E-state index contributed by atoms with van der Waals surface area (Å²) >= 11 is 5.61. The lowest BCUT2D eigenvalue weighted by molar-refractivity contribution is 0.0656. The van der Waals surface area contributed by atoms with Gasteiger partial charge in [0.1, 0.15) is 5.82 Å². The van der Waals surface area contributed by atoms with Crippen LogP contribution in [-0.4, -0.2) is 15.3 Å². The van der Waals surface area contributed by atoms with Crippen molar-refractivity contribution >= 4 is 28.4 Å². The van der Waals surface area contributed by atoms with E-state index < -0.39 is 22.6 Å². The molecule has 0 amide bonds. The van der Waals surface area contributed by atoms with Crippen LogP contribution in [0.1, 0.15) is 16.1 Å². The van der Waals surface area contributed by atoms with Crippen molar-refractivity contribution in [1.29, 1.82) is 0 Å². The third-order valence-corrected chi connectivity index (χ3v) is 3.79. The monoisotopic (exact) mass is 302 g/mol. The average molecular weight is 303 g/mol. The van der Waals surface area contributed by atoms with E-state index in [-0.39, 0.29) is 27.2 Å². The molecule has 1 unspecified atom stereocenters. The summed E-state index contributed by atoms with van der Waals surface area (Å²) in [5.41, 5.74) is 0.219. The van der Waals surface area contributed by atoms with E-state index in [1.54, 1.807) is 0 Å². The molecule has 0 bridgehead atoms. The van der Waals surface area contributed by atoms with Crippen LogP contribution in [0.5, 0.6) is 0 Å². The van der Waals surface area contributed by atoms with Gasteiger partial charge in [0, 0.05) is 10.6 Å². The molecule has 1 aromatic carbocycles. The summed E-state index contributed by atoms with van der Waals surface area (Å²) in [5, 5.41) is 8.92. The van der Waals surface area contributed by atoms with Crippen LogP contribution >= 0.6 is 11.6 Å². The molecular formula is C12H8ClFO4S. The summed E-state index contributed by atoms with van der Waals surface area (Å²) < 4.78 is 30.3. The first-order valence-electron chi connectivity index (χ1n) is 5.13. The molecule has 1 N–H and O–H groups in total. The molecule has 19 heavy (non-hydrogen) atoms. The van der Waals surface area contributed by atoms with Crippen molar-refractivity contribution in [2.75, 3.05) is 0 Å². The van der Waals surface area contributed by atoms with Crippen molar-refractivity contribution in [3.8, 4) is 0 Å². The van der Waals surface area contributed by atoms with Crippen molar-refractivity contribution in [2.24, 2.45) is 0 Å². The molecule has 1 atom stereocenters. The lowest BCUT2D eigenvalue weighted by atomic mass is 10.2. The summed E-state index contributed by atoms with van der Waals surface area (Å²) in [6.07, 6.45) is 0. The van der Waals surface area contributed by atoms with Gasteiger partial charge in [0.2, 0.25) is 5.76 Å². The van der Waals surface area contributed by atoms with Crippen molar-refractivity contribution in [3.63, 3.8) is 0 Å². The highest BCUT2D eigenvalue weighted by Gasteiger charge is 2.15. The maximum atomic E-state index is 13.5.